The summed E-state index contributed by atoms with van der Waals surface area (Å²) in [5.74, 6) is 0. The largest absolute Gasteiger partial charge is 0.289 e. The molecule has 0 spiro atoms. The molecule has 0 saturated carbocycles. The van der Waals surface area contributed by atoms with Gasteiger partial charge in [0, 0.05) is 19.2 Å². The number of hydrogen-bond acceptors (Lipinski definition) is 4. The summed E-state index contributed by atoms with van der Waals surface area (Å²) in [6, 6.07) is 2.25. The lowest BCUT2D eigenvalue weighted by Crippen LogP contribution is -2.32. The zero-order valence-electron chi connectivity index (χ0n) is 11.5. The molecule has 114 valence electrons. The summed E-state index contributed by atoms with van der Waals surface area (Å²) < 4.78 is 26.3. The van der Waals surface area contributed by atoms with Crippen LogP contribution in [0.15, 0.2) is 42.3 Å². The van der Waals surface area contributed by atoms with Crippen LogP contribution in [0.1, 0.15) is 5.56 Å². The molecule has 8 heteroatoms. The first-order chi connectivity index (χ1) is 9.75. The standard InChI is InChI=1S/C13H15ClN2O4S/c1-4-6-15(7-5-2)21(19,20)13-9-12(16(17)18)11(14)8-10(13)3/h4-5,8-9H,1-2,6-7H2,3H3. The molecule has 0 aromatic heterocycles. The van der Waals surface area contributed by atoms with Crippen molar-refractivity contribution in [2.24, 2.45) is 0 Å². The third-order valence-corrected chi connectivity index (χ3v) is 5.00. The Balaban J connectivity index is 3.49. The fourth-order valence-electron chi connectivity index (χ4n) is 1.76. The van der Waals surface area contributed by atoms with E-state index >= 15 is 0 Å². The second-order valence-corrected chi connectivity index (χ2v) is 6.54. The Bertz CT molecular complexity index is 676. The lowest BCUT2D eigenvalue weighted by Gasteiger charge is -2.20. The van der Waals surface area contributed by atoms with Crippen molar-refractivity contribution in [1.82, 2.24) is 4.31 Å². The van der Waals surface area contributed by atoms with E-state index in [0.29, 0.717) is 5.56 Å². The van der Waals surface area contributed by atoms with Crippen LogP contribution in [-0.4, -0.2) is 30.7 Å². The van der Waals surface area contributed by atoms with Crippen LogP contribution in [0, 0.1) is 17.0 Å². The number of nitro benzene ring substituents is 1. The number of benzene rings is 1. The quantitative estimate of drug-likeness (QED) is 0.437. The summed E-state index contributed by atoms with van der Waals surface area (Å²) in [6.45, 7) is 8.68. The van der Waals surface area contributed by atoms with E-state index in [1.54, 1.807) is 0 Å². The third kappa shape index (κ3) is 3.69. The number of sulfonamides is 1. The summed E-state index contributed by atoms with van der Waals surface area (Å²) in [6.07, 6.45) is 2.86. The highest BCUT2D eigenvalue weighted by Crippen LogP contribution is 2.31. The molecule has 21 heavy (non-hydrogen) atoms. The minimum atomic E-state index is -3.90. The zero-order valence-corrected chi connectivity index (χ0v) is 13.0. The molecule has 0 amide bonds. The van der Waals surface area contributed by atoms with E-state index in [4.69, 9.17) is 11.6 Å². The van der Waals surface area contributed by atoms with Gasteiger partial charge in [-0.3, -0.25) is 10.1 Å². The van der Waals surface area contributed by atoms with Gasteiger partial charge in [0.2, 0.25) is 10.0 Å². The first-order valence-electron chi connectivity index (χ1n) is 5.92. The van der Waals surface area contributed by atoms with E-state index < -0.39 is 20.6 Å². The molecule has 0 heterocycles. The molecule has 0 aliphatic heterocycles. The smallest absolute Gasteiger partial charge is 0.258 e. The highest BCUT2D eigenvalue weighted by Gasteiger charge is 2.28. The monoisotopic (exact) mass is 330 g/mol. The molecule has 0 N–H and O–H groups in total. The summed E-state index contributed by atoms with van der Waals surface area (Å²) in [5, 5.41) is 10.8. The molecule has 0 atom stereocenters. The molecule has 1 rings (SSSR count). The second-order valence-electron chi connectivity index (χ2n) is 4.23. The van der Waals surface area contributed by atoms with Crippen LogP contribution in [0.4, 0.5) is 5.69 Å². The molecular formula is C13H15ClN2O4S. The molecule has 0 saturated heterocycles. The van der Waals surface area contributed by atoms with Crippen molar-refractivity contribution in [3.05, 3.63) is 58.1 Å². The Morgan fingerprint density at radius 2 is 1.86 bits per heavy atom. The lowest BCUT2D eigenvalue weighted by molar-refractivity contribution is -0.384. The Morgan fingerprint density at radius 3 is 2.29 bits per heavy atom. The topological polar surface area (TPSA) is 80.5 Å². The van der Waals surface area contributed by atoms with Gasteiger partial charge in [-0.1, -0.05) is 23.8 Å². The van der Waals surface area contributed by atoms with Gasteiger partial charge in [0.25, 0.3) is 5.69 Å². The van der Waals surface area contributed by atoms with Gasteiger partial charge in [0.05, 0.1) is 9.82 Å². The third-order valence-electron chi connectivity index (χ3n) is 2.72. The Labute approximate surface area is 128 Å². The number of rotatable bonds is 7. The minimum absolute atomic E-state index is 0.0736. The van der Waals surface area contributed by atoms with Gasteiger partial charge in [-0.05, 0) is 18.6 Å². The van der Waals surface area contributed by atoms with Gasteiger partial charge in [0.1, 0.15) is 5.02 Å². The van der Waals surface area contributed by atoms with E-state index in [1.807, 2.05) is 0 Å². The van der Waals surface area contributed by atoms with Gasteiger partial charge >= 0.3 is 0 Å². The highest BCUT2D eigenvalue weighted by molar-refractivity contribution is 7.89. The molecule has 0 fully saturated rings. The Hall–Kier alpha value is -1.70. The zero-order chi connectivity index (χ0) is 16.2. The van der Waals surface area contributed by atoms with Gasteiger partial charge in [-0.2, -0.15) is 4.31 Å². The van der Waals surface area contributed by atoms with Gasteiger partial charge in [-0.15, -0.1) is 13.2 Å². The molecule has 0 unspecified atom stereocenters. The van der Waals surface area contributed by atoms with Crippen LogP contribution >= 0.6 is 11.6 Å². The minimum Gasteiger partial charge on any atom is -0.258 e. The maximum absolute atomic E-state index is 12.6. The fourth-order valence-corrected chi connectivity index (χ4v) is 3.65. The van der Waals surface area contributed by atoms with Crippen molar-refractivity contribution in [2.45, 2.75) is 11.8 Å². The van der Waals surface area contributed by atoms with E-state index in [0.717, 1.165) is 10.4 Å². The SMILES string of the molecule is C=CCN(CC=C)S(=O)(=O)c1cc([N+](=O)[O-])c(Cl)cc1C. The number of nitrogens with zero attached hydrogens (tertiary/aromatic N) is 2. The van der Waals surface area contributed by atoms with Crippen LogP contribution < -0.4 is 0 Å². The lowest BCUT2D eigenvalue weighted by atomic mass is 10.2. The predicted octanol–water partition coefficient (Wildman–Crippen LogP) is 2.92. The van der Waals surface area contributed by atoms with Crippen molar-refractivity contribution in [3.8, 4) is 0 Å². The second kappa shape index (κ2) is 6.84. The van der Waals surface area contributed by atoms with Crippen LogP contribution in [0.25, 0.3) is 0 Å². The van der Waals surface area contributed by atoms with Crippen LogP contribution in [0.5, 0.6) is 0 Å². The Kier molecular flexibility index (Phi) is 5.65. The fraction of sp³-hybridized carbons (Fsp3) is 0.231. The van der Waals surface area contributed by atoms with Crippen molar-refractivity contribution in [2.75, 3.05) is 13.1 Å². The maximum atomic E-state index is 12.6. The summed E-state index contributed by atoms with van der Waals surface area (Å²) in [5.41, 5.74) is -0.110. The number of nitro groups is 1. The molecule has 0 aliphatic carbocycles. The van der Waals surface area contributed by atoms with Crippen LogP contribution in [0.2, 0.25) is 5.02 Å². The molecule has 0 bridgehead atoms. The van der Waals surface area contributed by atoms with Gasteiger partial charge in [0.15, 0.2) is 0 Å². The van der Waals surface area contributed by atoms with Crippen LogP contribution in [-0.2, 0) is 10.0 Å². The van der Waals surface area contributed by atoms with Crippen molar-refractivity contribution in [1.29, 1.82) is 0 Å². The summed E-state index contributed by atoms with van der Waals surface area (Å²) in [4.78, 5) is 10.0. The molecule has 1 aromatic rings. The number of halogens is 1. The number of aryl methyl sites for hydroxylation is 1. The Morgan fingerprint density at radius 1 is 1.33 bits per heavy atom. The highest BCUT2D eigenvalue weighted by atomic mass is 35.5. The average molecular weight is 331 g/mol. The summed E-state index contributed by atoms with van der Waals surface area (Å²) >= 11 is 5.77. The average Bonchev–Trinajstić information content (AvgIpc) is 2.37. The summed E-state index contributed by atoms with van der Waals surface area (Å²) in [7, 11) is -3.90. The normalized spacial score (nSPS) is 11.4. The molecule has 0 radical (unpaired) electrons. The van der Waals surface area contributed by atoms with E-state index in [1.165, 1.54) is 25.1 Å². The predicted molar refractivity (Wildman–Crippen MR) is 82.0 cm³/mol. The molecular weight excluding hydrogens is 316 g/mol. The molecule has 6 nitrogen and oxygen atoms in total. The van der Waals surface area contributed by atoms with Gasteiger partial charge < -0.3 is 0 Å². The molecule has 0 aliphatic rings. The van der Waals surface area contributed by atoms with Crippen molar-refractivity contribution in [3.63, 3.8) is 0 Å². The maximum Gasteiger partial charge on any atom is 0.289 e. The van der Waals surface area contributed by atoms with Crippen LogP contribution in [0.3, 0.4) is 0 Å². The number of hydrogen-bond donors (Lipinski definition) is 0. The first kappa shape index (κ1) is 17.4. The first-order valence-corrected chi connectivity index (χ1v) is 7.74. The van der Waals surface area contributed by atoms with E-state index in [9.17, 15) is 18.5 Å². The van der Waals surface area contributed by atoms with Gasteiger partial charge in [-0.25, -0.2) is 8.42 Å². The van der Waals surface area contributed by atoms with Crippen molar-refractivity contribution < 1.29 is 13.3 Å². The van der Waals surface area contributed by atoms with E-state index in [2.05, 4.69) is 13.2 Å². The molecule has 1 aromatic carbocycles. The van der Waals surface area contributed by atoms with E-state index in [-0.39, 0.29) is 23.0 Å². The van der Waals surface area contributed by atoms with Crippen molar-refractivity contribution >= 4 is 27.3 Å².